The van der Waals surface area contributed by atoms with Gasteiger partial charge in [-0.15, -0.1) is 0 Å². The van der Waals surface area contributed by atoms with Crippen molar-refractivity contribution in [2.75, 3.05) is 13.6 Å². The van der Waals surface area contributed by atoms with E-state index in [1.54, 1.807) is 0 Å². The van der Waals surface area contributed by atoms with Crippen LogP contribution in [-0.2, 0) is 4.79 Å². The third kappa shape index (κ3) is 3.31. The number of hydrogen-bond acceptors (Lipinski definition) is 2. The lowest BCUT2D eigenvalue weighted by molar-refractivity contribution is -0.128. The summed E-state index contributed by atoms with van der Waals surface area (Å²) in [6.07, 6.45) is 2.11. The molecular weight excluding hydrogens is 210 g/mol. The van der Waals surface area contributed by atoms with Gasteiger partial charge >= 0.3 is 0 Å². The second kappa shape index (κ2) is 4.72. The van der Waals surface area contributed by atoms with Crippen LogP contribution in [0.15, 0.2) is 0 Å². The molecule has 0 aliphatic heterocycles. The lowest BCUT2D eigenvalue weighted by atomic mass is 9.86. The molecule has 0 saturated heterocycles. The monoisotopic (exact) mass is 239 g/mol. The van der Waals surface area contributed by atoms with Crippen molar-refractivity contribution in [1.29, 1.82) is 0 Å². The molecule has 0 aromatic heterocycles. The van der Waals surface area contributed by atoms with E-state index in [0.717, 1.165) is 19.4 Å². The number of hydrogen-bond donors (Lipinski definition) is 0. The van der Waals surface area contributed by atoms with E-state index in [0.29, 0.717) is 11.8 Å². The summed E-state index contributed by atoms with van der Waals surface area (Å²) in [6.45, 7) is 14.1. The van der Waals surface area contributed by atoms with Crippen molar-refractivity contribution in [1.82, 2.24) is 4.90 Å². The fourth-order valence-electron chi connectivity index (χ4n) is 2.68. The summed E-state index contributed by atoms with van der Waals surface area (Å²) in [6, 6.07) is 0.499. The third-order valence-corrected chi connectivity index (χ3v) is 4.58. The number of carbonyl (C=O) groups excluding carboxylic acids is 1. The van der Waals surface area contributed by atoms with Crippen LogP contribution in [0.5, 0.6) is 0 Å². The molecule has 1 aliphatic carbocycles. The van der Waals surface area contributed by atoms with Crippen LogP contribution in [0.3, 0.4) is 0 Å². The molecule has 0 spiro atoms. The number of rotatable bonds is 3. The Hall–Kier alpha value is -0.370. The molecule has 1 saturated carbocycles. The van der Waals surface area contributed by atoms with E-state index in [1.807, 2.05) is 0 Å². The van der Waals surface area contributed by atoms with Crippen LogP contribution >= 0.6 is 0 Å². The quantitative estimate of drug-likeness (QED) is 0.752. The lowest BCUT2D eigenvalue weighted by Gasteiger charge is -2.36. The van der Waals surface area contributed by atoms with Crippen molar-refractivity contribution in [3.63, 3.8) is 0 Å². The highest BCUT2D eigenvalue weighted by Gasteiger charge is 2.41. The van der Waals surface area contributed by atoms with Gasteiger partial charge in [0.1, 0.15) is 5.78 Å². The van der Waals surface area contributed by atoms with Crippen molar-refractivity contribution >= 4 is 5.78 Å². The summed E-state index contributed by atoms with van der Waals surface area (Å²) in [7, 11) is 2.15. The molecule has 17 heavy (non-hydrogen) atoms. The molecule has 0 aromatic carbocycles. The van der Waals surface area contributed by atoms with E-state index in [-0.39, 0.29) is 16.7 Å². The van der Waals surface area contributed by atoms with Gasteiger partial charge in [-0.25, -0.2) is 0 Å². The summed E-state index contributed by atoms with van der Waals surface area (Å²) in [5.41, 5.74) is 0.183. The zero-order valence-electron chi connectivity index (χ0n) is 12.6. The molecule has 2 nitrogen and oxygen atoms in total. The maximum Gasteiger partial charge on any atom is 0.142 e. The van der Waals surface area contributed by atoms with Crippen LogP contribution in [0.25, 0.3) is 0 Å². The van der Waals surface area contributed by atoms with Crippen LogP contribution < -0.4 is 0 Å². The van der Waals surface area contributed by atoms with E-state index in [9.17, 15) is 4.79 Å². The van der Waals surface area contributed by atoms with E-state index in [1.165, 1.54) is 0 Å². The zero-order chi connectivity index (χ0) is 13.4. The molecule has 0 bridgehead atoms. The number of carbonyl (C=O) groups is 1. The minimum absolute atomic E-state index is 0.0868. The summed E-state index contributed by atoms with van der Waals surface area (Å²) in [5.74, 6) is 0.713. The Labute approximate surface area is 107 Å². The van der Waals surface area contributed by atoms with Crippen LogP contribution in [0.1, 0.15) is 54.4 Å². The maximum atomic E-state index is 12.2. The first kappa shape index (κ1) is 14.7. The van der Waals surface area contributed by atoms with Crippen LogP contribution in [-0.4, -0.2) is 30.3 Å². The highest BCUT2D eigenvalue weighted by molar-refractivity contribution is 5.88. The van der Waals surface area contributed by atoms with Crippen LogP contribution in [0.4, 0.5) is 0 Å². The van der Waals surface area contributed by atoms with Gasteiger partial charge in [-0.05, 0) is 32.2 Å². The fraction of sp³-hybridized carbons (Fsp3) is 0.933. The molecule has 0 N–H and O–H groups in total. The summed E-state index contributed by atoms with van der Waals surface area (Å²) < 4.78 is 0. The van der Waals surface area contributed by atoms with Gasteiger partial charge in [0.25, 0.3) is 0 Å². The Morgan fingerprint density at radius 1 is 1.41 bits per heavy atom. The average Bonchev–Trinajstić information content (AvgIpc) is 2.42. The highest BCUT2D eigenvalue weighted by Crippen LogP contribution is 2.38. The third-order valence-electron chi connectivity index (χ3n) is 4.58. The molecule has 0 heterocycles. The van der Waals surface area contributed by atoms with Gasteiger partial charge in [-0.2, -0.15) is 0 Å². The predicted molar refractivity (Wildman–Crippen MR) is 73.1 cm³/mol. The van der Waals surface area contributed by atoms with Gasteiger partial charge in [0.05, 0.1) is 0 Å². The second-order valence-electron chi connectivity index (χ2n) is 7.47. The highest BCUT2D eigenvalue weighted by atomic mass is 16.1. The van der Waals surface area contributed by atoms with Gasteiger partial charge in [0.15, 0.2) is 0 Å². The SMILES string of the molecule is CC(N(C)CC1CCC(C)(C)C1=O)C(C)(C)C. The smallest absolute Gasteiger partial charge is 0.142 e. The van der Waals surface area contributed by atoms with Crippen LogP contribution in [0, 0.1) is 16.7 Å². The van der Waals surface area contributed by atoms with Gasteiger partial charge in [-0.3, -0.25) is 4.79 Å². The first-order chi connectivity index (χ1) is 7.55. The Kier molecular flexibility index (Phi) is 4.08. The first-order valence-electron chi connectivity index (χ1n) is 6.80. The molecule has 0 radical (unpaired) electrons. The minimum Gasteiger partial charge on any atom is -0.302 e. The topological polar surface area (TPSA) is 20.3 Å². The van der Waals surface area contributed by atoms with Crippen molar-refractivity contribution in [3.8, 4) is 0 Å². The van der Waals surface area contributed by atoms with E-state index in [4.69, 9.17) is 0 Å². The molecule has 1 fully saturated rings. The molecule has 1 aliphatic rings. The maximum absolute atomic E-state index is 12.2. The van der Waals surface area contributed by atoms with E-state index >= 15 is 0 Å². The van der Waals surface area contributed by atoms with Crippen molar-refractivity contribution < 1.29 is 4.79 Å². The van der Waals surface area contributed by atoms with Crippen molar-refractivity contribution in [2.24, 2.45) is 16.7 Å². The average molecular weight is 239 g/mol. The largest absolute Gasteiger partial charge is 0.302 e. The molecule has 0 aromatic rings. The predicted octanol–water partition coefficient (Wildman–Crippen LogP) is 3.36. The standard InChI is InChI=1S/C15H29NO/c1-11(14(2,3)4)16(7)10-12-8-9-15(5,6)13(12)17/h11-12H,8-10H2,1-7H3. The number of nitrogens with zero attached hydrogens (tertiary/aromatic N) is 1. The molecule has 2 unspecified atom stereocenters. The molecule has 2 atom stereocenters. The second-order valence-corrected chi connectivity index (χ2v) is 7.47. The Bertz CT molecular complexity index is 288. The van der Waals surface area contributed by atoms with E-state index < -0.39 is 0 Å². The molecule has 2 heteroatoms. The minimum atomic E-state index is -0.0868. The van der Waals surface area contributed by atoms with Gasteiger partial charge < -0.3 is 4.90 Å². The summed E-state index contributed by atoms with van der Waals surface area (Å²) in [5, 5.41) is 0. The molecule has 1 rings (SSSR count). The molecular formula is C15H29NO. The number of Topliss-reactive ketones (excluding diaryl/α,β-unsaturated/α-hetero) is 1. The van der Waals surface area contributed by atoms with Gasteiger partial charge in [0, 0.05) is 23.9 Å². The van der Waals surface area contributed by atoms with Gasteiger partial charge in [-0.1, -0.05) is 34.6 Å². The van der Waals surface area contributed by atoms with Gasteiger partial charge in [0.2, 0.25) is 0 Å². The summed E-state index contributed by atoms with van der Waals surface area (Å²) >= 11 is 0. The normalized spacial score (nSPS) is 26.6. The lowest BCUT2D eigenvalue weighted by Crippen LogP contribution is -2.42. The number of ketones is 1. The van der Waals surface area contributed by atoms with Crippen LogP contribution in [0.2, 0.25) is 0 Å². The van der Waals surface area contributed by atoms with Crippen molar-refractivity contribution in [2.45, 2.75) is 60.4 Å². The molecule has 0 amide bonds. The Morgan fingerprint density at radius 3 is 2.29 bits per heavy atom. The first-order valence-corrected chi connectivity index (χ1v) is 6.80. The van der Waals surface area contributed by atoms with Crippen molar-refractivity contribution in [3.05, 3.63) is 0 Å². The molecule has 100 valence electrons. The Morgan fingerprint density at radius 2 is 1.94 bits per heavy atom. The van der Waals surface area contributed by atoms with E-state index in [2.05, 4.69) is 53.5 Å². The summed E-state index contributed by atoms with van der Waals surface area (Å²) in [4.78, 5) is 14.6. The Balaban J connectivity index is 2.59. The fourth-order valence-corrected chi connectivity index (χ4v) is 2.68. The zero-order valence-corrected chi connectivity index (χ0v) is 12.6.